The molecule has 1 aliphatic heterocycles. The zero-order valence-corrected chi connectivity index (χ0v) is 14.0. The normalized spacial score (nSPS) is 20.7. The molecule has 3 rings (SSSR count). The van der Waals surface area contributed by atoms with Crippen molar-refractivity contribution >= 4 is 24.8 Å². The first-order chi connectivity index (χ1) is 8.77. The van der Waals surface area contributed by atoms with Crippen LogP contribution in [0.15, 0.2) is 18.2 Å². The van der Waals surface area contributed by atoms with Gasteiger partial charge in [0.15, 0.2) is 0 Å². The fraction of sp³-hybridized carbons (Fsp3) is 0.625. The highest BCUT2D eigenvalue weighted by molar-refractivity contribution is 5.85. The maximum atomic E-state index is 3.47. The molecule has 1 saturated carbocycles. The number of hydrogen-bond acceptors (Lipinski definition) is 2. The van der Waals surface area contributed by atoms with Crippen molar-refractivity contribution in [1.82, 2.24) is 10.2 Å². The lowest BCUT2D eigenvalue weighted by atomic mass is 9.91. The van der Waals surface area contributed by atoms with Gasteiger partial charge < -0.3 is 5.32 Å². The van der Waals surface area contributed by atoms with Gasteiger partial charge in [-0.15, -0.1) is 24.8 Å². The van der Waals surface area contributed by atoms with Crippen LogP contribution < -0.4 is 5.32 Å². The van der Waals surface area contributed by atoms with Crippen LogP contribution >= 0.6 is 24.8 Å². The predicted molar refractivity (Wildman–Crippen MR) is 90.3 cm³/mol. The van der Waals surface area contributed by atoms with Crippen LogP contribution in [0.3, 0.4) is 0 Å². The molecule has 0 spiro atoms. The summed E-state index contributed by atoms with van der Waals surface area (Å²) in [6, 6.07) is 7.42. The summed E-state index contributed by atoms with van der Waals surface area (Å²) in [6.07, 6.45) is 2.84. The summed E-state index contributed by atoms with van der Waals surface area (Å²) < 4.78 is 0. The number of nitrogens with zero attached hydrogens (tertiary/aromatic N) is 1. The Morgan fingerprint density at radius 3 is 2.10 bits per heavy atom. The third kappa shape index (κ3) is 3.67. The zero-order valence-electron chi connectivity index (χ0n) is 12.4. The van der Waals surface area contributed by atoms with Gasteiger partial charge in [0.2, 0.25) is 0 Å². The van der Waals surface area contributed by atoms with Crippen LogP contribution in [0.25, 0.3) is 0 Å². The lowest BCUT2D eigenvalue weighted by Gasteiger charge is -2.37. The molecule has 1 aliphatic carbocycles. The molecule has 0 unspecified atom stereocenters. The van der Waals surface area contributed by atoms with Crippen LogP contribution in [0, 0.1) is 19.8 Å². The molecule has 2 aliphatic rings. The van der Waals surface area contributed by atoms with E-state index in [1.54, 1.807) is 5.56 Å². The Labute approximate surface area is 135 Å². The van der Waals surface area contributed by atoms with Crippen molar-refractivity contribution in [2.45, 2.75) is 32.7 Å². The highest BCUT2D eigenvalue weighted by Gasteiger charge is 2.37. The smallest absolute Gasteiger partial charge is 0.0382 e. The maximum Gasteiger partial charge on any atom is 0.0382 e. The molecular formula is C16H26Cl2N2. The van der Waals surface area contributed by atoms with Crippen molar-refractivity contribution in [3.8, 4) is 0 Å². The van der Waals surface area contributed by atoms with E-state index in [1.165, 1.54) is 37.1 Å². The van der Waals surface area contributed by atoms with Gasteiger partial charge >= 0.3 is 0 Å². The van der Waals surface area contributed by atoms with Gasteiger partial charge in [-0.2, -0.15) is 0 Å². The molecule has 1 aromatic carbocycles. The Kier molecular flexibility index (Phi) is 6.80. The molecule has 20 heavy (non-hydrogen) atoms. The fourth-order valence-electron chi connectivity index (χ4n) is 3.38. The second kappa shape index (κ2) is 7.65. The molecule has 1 aromatic rings. The van der Waals surface area contributed by atoms with Crippen molar-refractivity contribution in [1.29, 1.82) is 0 Å². The van der Waals surface area contributed by atoms with E-state index >= 15 is 0 Å². The highest BCUT2D eigenvalue weighted by atomic mass is 35.5. The molecule has 0 amide bonds. The SMILES string of the molecule is Cc1cccc(C)c1[C@H](C1CC1)N1CCNCC1.Cl.Cl. The van der Waals surface area contributed by atoms with Crippen molar-refractivity contribution in [3.05, 3.63) is 34.9 Å². The van der Waals surface area contributed by atoms with Crippen LogP contribution in [-0.4, -0.2) is 31.1 Å². The molecule has 1 atom stereocenters. The van der Waals surface area contributed by atoms with E-state index in [1.807, 2.05) is 0 Å². The van der Waals surface area contributed by atoms with Gasteiger partial charge in [0.1, 0.15) is 0 Å². The van der Waals surface area contributed by atoms with E-state index in [2.05, 4.69) is 42.3 Å². The quantitative estimate of drug-likeness (QED) is 0.918. The number of piperazine rings is 1. The summed E-state index contributed by atoms with van der Waals surface area (Å²) in [5.41, 5.74) is 4.57. The standard InChI is InChI=1S/C16H24N2.2ClH/c1-12-4-3-5-13(2)15(12)16(14-6-7-14)18-10-8-17-9-11-18;;/h3-5,14,16-17H,6-11H2,1-2H3;2*1H/t16-;;/m0../s1. The molecule has 0 aromatic heterocycles. The lowest BCUT2D eigenvalue weighted by Crippen LogP contribution is -2.46. The first-order valence-electron chi connectivity index (χ1n) is 7.28. The van der Waals surface area contributed by atoms with Crippen LogP contribution in [0.2, 0.25) is 0 Å². The Balaban J connectivity index is 0.000001000. The molecular weight excluding hydrogens is 291 g/mol. The van der Waals surface area contributed by atoms with Gasteiger partial charge in [0.05, 0.1) is 0 Å². The second-order valence-electron chi connectivity index (χ2n) is 5.87. The van der Waals surface area contributed by atoms with E-state index < -0.39 is 0 Å². The lowest BCUT2D eigenvalue weighted by molar-refractivity contribution is 0.155. The first kappa shape index (κ1) is 17.8. The number of hydrogen-bond donors (Lipinski definition) is 1. The Hall–Kier alpha value is -0.280. The summed E-state index contributed by atoms with van der Waals surface area (Å²) in [6.45, 7) is 9.26. The van der Waals surface area contributed by atoms with Crippen LogP contribution in [-0.2, 0) is 0 Å². The monoisotopic (exact) mass is 316 g/mol. The number of nitrogens with one attached hydrogen (secondary N) is 1. The molecule has 2 nitrogen and oxygen atoms in total. The largest absolute Gasteiger partial charge is 0.314 e. The summed E-state index contributed by atoms with van der Waals surface area (Å²) in [5, 5.41) is 3.47. The van der Waals surface area contributed by atoms with Gasteiger partial charge in [0, 0.05) is 32.2 Å². The van der Waals surface area contributed by atoms with Crippen molar-refractivity contribution in [2.24, 2.45) is 5.92 Å². The second-order valence-corrected chi connectivity index (χ2v) is 5.87. The average Bonchev–Trinajstić information content (AvgIpc) is 3.19. The number of halogens is 2. The summed E-state index contributed by atoms with van der Waals surface area (Å²) >= 11 is 0. The molecule has 1 N–H and O–H groups in total. The Bertz CT molecular complexity index is 406. The van der Waals surface area contributed by atoms with Crippen molar-refractivity contribution in [2.75, 3.05) is 26.2 Å². The molecule has 114 valence electrons. The van der Waals surface area contributed by atoms with Gasteiger partial charge in [-0.05, 0) is 49.3 Å². The van der Waals surface area contributed by atoms with Gasteiger partial charge in [-0.1, -0.05) is 18.2 Å². The predicted octanol–water partition coefficient (Wildman–Crippen LogP) is 3.50. The third-order valence-electron chi connectivity index (χ3n) is 4.45. The molecule has 0 radical (unpaired) electrons. The molecule has 1 heterocycles. The van der Waals surface area contributed by atoms with Crippen molar-refractivity contribution in [3.63, 3.8) is 0 Å². The van der Waals surface area contributed by atoms with Gasteiger partial charge in [-0.3, -0.25) is 4.90 Å². The number of aryl methyl sites for hydroxylation is 2. The minimum Gasteiger partial charge on any atom is -0.314 e. The maximum absolute atomic E-state index is 3.47. The molecule has 0 bridgehead atoms. The van der Waals surface area contributed by atoms with Gasteiger partial charge in [0.25, 0.3) is 0 Å². The number of benzene rings is 1. The molecule has 1 saturated heterocycles. The van der Waals surface area contributed by atoms with Gasteiger partial charge in [-0.25, -0.2) is 0 Å². The van der Waals surface area contributed by atoms with E-state index in [9.17, 15) is 0 Å². The third-order valence-corrected chi connectivity index (χ3v) is 4.45. The van der Waals surface area contributed by atoms with Crippen molar-refractivity contribution < 1.29 is 0 Å². The number of rotatable bonds is 3. The van der Waals surface area contributed by atoms with Crippen LogP contribution in [0.1, 0.15) is 35.6 Å². The summed E-state index contributed by atoms with van der Waals surface area (Å²) in [4.78, 5) is 2.71. The average molecular weight is 317 g/mol. The molecule has 2 fully saturated rings. The summed E-state index contributed by atoms with van der Waals surface area (Å²) in [7, 11) is 0. The van der Waals surface area contributed by atoms with Crippen LogP contribution in [0.4, 0.5) is 0 Å². The highest BCUT2D eigenvalue weighted by Crippen LogP contribution is 2.46. The molecule has 4 heteroatoms. The van der Waals surface area contributed by atoms with E-state index in [0.717, 1.165) is 19.0 Å². The minimum absolute atomic E-state index is 0. The Morgan fingerprint density at radius 1 is 1.05 bits per heavy atom. The zero-order chi connectivity index (χ0) is 12.5. The first-order valence-corrected chi connectivity index (χ1v) is 7.28. The summed E-state index contributed by atoms with van der Waals surface area (Å²) in [5.74, 6) is 0.905. The minimum atomic E-state index is 0. The van der Waals surface area contributed by atoms with Crippen LogP contribution in [0.5, 0.6) is 0 Å². The Morgan fingerprint density at radius 2 is 1.60 bits per heavy atom. The van der Waals surface area contributed by atoms with E-state index in [-0.39, 0.29) is 24.8 Å². The van der Waals surface area contributed by atoms with E-state index in [4.69, 9.17) is 0 Å². The van der Waals surface area contributed by atoms with E-state index in [0.29, 0.717) is 6.04 Å². The topological polar surface area (TPSA) is 15.3 Å². The fourth-order valence-corrected chi connectivity index (χ4v) is 3.38.